The van der Waals surface area contributed by atoms with Gasteiger partial charge in [-0.15, -0.1) is 0 Å². The first-order valence-electron chi connectivity index (χ1n) is 21.7. The molecule has 0 spiro atoms. The Kier molecular flexibility index (Phi) is 6.31. The van der Waals surface area contributed by atoms with E-state index in [-0.39, 0.29) is 0 Å². The third-order valence-corrected chi connectivity index (χ3v) is 18.6. The van der Waals surface area contributed by atoms with E-state index in [0.717, 1.165) is 11.8 Å². The minimum atomic E-state index is 0.358. The molecule has 7 aliphatic heterocycles. The maximum Gasteiger partial charge on any atom is 0.191 e. The second-order valence-electron chi connectivity index (χ2n) is 20.3. The van der Waals surface area contributed by atoms with E-state index in [0.29, 0.717) is 133 Å². The first-order chi connectivity index (χ1) is 24.5. The molecule has 5 aliphatic carbocycles. The molecule has 12 aliphatic rings. The van der Waals surface area contributed by atoms with Gasteiger partial charge in [0, 0.05) is 54.4 Å². The van der Waals surface area contributed by atoms with E-state index in [4.69, 9.17) is 9.47 Å². The van der Waals surface area contributed by atoms with Gasteiger partial charge in [0.15, 0.2) is 6.71 Å². The molecule has 268 valence electrons. The van der Waals surface area contributed by atoms with Crippen LogP contribution in [0.25, 0.3) is 0 Å². The van der Waals surface area contributed by atoms with Crippen molar-refractivity contribution in [3.63, 3.8) is 0 Å². The Morgan fingerprint density at radius 1 is 0.580 bits per heavy atom. The second-order valence-corrected chi connectivity index (χ2v) is 20.3. The molecular weight excluding hydrogens is 617 g/mol. The molecule has 0 aromatic heterocycles. The predicted octanol–water partition coefficient (Wildman–Crippen LogP) is 4.55. The Balaban J connectivity index is 1.08. The Morgan fingerprint density at radius 3 is 1.60 bits per heavy atom. The van der Waals surface area contributed by atoms with Crippen LogP contribution in [-0.2, 0) is 9.47 Å². The van der Waals surface area contributed by atoms with Crippen LogP contribution in [0.15, 0.2) is 30.3 Å². The fraction of sp³-hybridized carbons (Fsp3) is 0.857. The van der Waals surface area contributed by atoms with E-state index >= 15 is 0 Å². The number of piperazine rings is 2. The number of fused-ring (bicyclic) bond motifs is 12. The summed E-state index contributed by atoms with van der Waals surface area (Å²) < 4.78 is 15.4. The summed E-state index contributed by atoms with van der Waals surface area (Å²) in [7, 11) is 0. The number of nitrogens with one attached hydrogen (secondary N) is 2. The minimum absolute atomic E-state index is 0.358. The maximum atomic E-state index is 7.69. The molecule has 7 nitrogen and oxygen atoms in total. The Bertz CT molecular complexity index is 1460. The van der Waals surface area contributed by atoms with Gasteiger partial charge in [-0.05, 0) is 105 Å². The minimum Gasteiger partial charge on any atom is -0.375 e. The van der Waals surface area contributed by atoms with Gasteiger partial charge in [-0.1, -0.05) is 75.3 Å². The van der Waals surface area contributed by atoms with Crippen molar-refractivity contribution in [2.75, 3.05) is 0 Å². The van der Waals surface area contributed by atoms with Gasteiger partial charge in [-0.2, -0.15) is 0 Å². The van der Waals surface area contributed by atoms with Crippen molar-refractivity contribution in [3.05, 3.63) is 30.3 Å². The van der Waals surface area contributed by atoms with Crippen LogP contribution in [-0.4, -0.2) is 100 Å². The van der Waals surface area contributed by atoms with E-state index in [9.17, 15) is 0 Å². The van der Waals surface area contributed by atoms with Gasteiger partial charge >= 0.3 is 0 Å². The predicted molar refractivity (Wildman–Crippen MR) is 195 cm³/mol. The summed E-state index contributed by atoms with van der Waals surface area (Å²) >= 11 is 0. The number of hydrogen-bond donors (Lipinski definition) is 2. The summed E-state index contributed by atoms with van der Waals surface area (Å²) in [5, 5.41) is 5.96. The molecule has 0 amide bonds. The van der Waals surface area contributed by atoms with E-state index in [2.05, 4.69) is 83.8 Å². The van der Waals surface area contributed by atoms with Crippen molar-refractivity contribution in [1.29, 1.82) is 0 Å². The molecule has 13 rings (SSSR count). The van der Waals surface area contributed by atoms with Crippen molar-refractivity contribution in [2.24, 2.45) is 47.3 Å². The summed E-state index contributed by atoms with van der Waals surface area (Å²) in [6, 6.07) is 16.9. The number of ether oxygens (including phenoxy) is 2. The van der Waals surface area contributed by atoms with Crippen LogP contribution in [0.1, 0.15) is 85.5 Å². The fourth-order valence-corrected chi connectivity index (χ4v) is 17.9. The van der Waals surface area contributed by atoms with Gasteiger partial charge in [0.05, 0.1) is 24.4 Å². The Morgan fingerprint density at radius 2 is 1.08 bits per heavy atom. The van der Waals surface area contributed by atoms with Gasteiger partial charge in [0.2, 0.25) is 0 Å². The summed E-state index contributed by atoms with van der Waals surface area (Å²) in [6.07, 6.45) is 13.8. The molecule has 7 heterocycles. The lowest BCUT2D eigenvalue weighted by molar-refractivity contribution is -0.238. The standard InChI is InChI=1S/C42H60BN5O2/c1-19-18-20(2)35-40-34(19)47-36-28(21(3)44-47)30-24-14-8-10-16-26(24)49-41(30)32-38(36)46(40)39-33(43(32)23-12-6-5-7-13-23)42-31(25-15-9-11-17-27(25)50-42)29-22(4)45-48(35)37(29)39/h5-7,12-13,19-22,24-42,44-45H,8-11,14-18H2,1-4H3. The zero-order valence-corrected chi connectivity index (χ0v) is 30.8. The van der Waals surface area contributed by atoms with Crippen LogP contribution in [0.2, 0.25) is 11.6 Å². The van der Waals surface area contributed by atoms with Crippen LogP contribution in [0, 0.1) is 47.3 Å². The Labute approximate surface area is 300 Å². The van der Waals surface area contributed by atoms with E-state index in [1.807, 2.05) is 0 Å². The highest BCUT2D eigenvalue weighted by molar-refractivity contribution is 6.77. The summed E-state index contributed by atoms with van der Waals surface area (Å²) in [6.45, 7) is 10.9. The highest BCUT2D eigenvalue weighted by atomic mass is 16.5. The zero-order valence-electron chi connectivity index (χ0n) is 30.8. The first kappa shape index (κ1) is 30.3. The molecule has 1 aromatic rings. The summed E-state index contributed by atoms with van der Waals surface area (Å²) in [5.74, 6) is 6.54. The average molecular weight is 678 g/mol. The molecule has 50 heavy (non-hydrogen) atoms. The van der Waals surface area contributed by atoms with Crippen LogP contribution in [0.5, 0.6) is 0 Å². The first-order valence-corrected chi connectivity index (χ1v) is 21.7. The lowest BCUT2D eigenvalue weighted by atomic mass is 9.21. The molecule has 0 bridgehead atoms. The van der Waals surface area contributed by atoms with Crippen molar-refractivity contribution in [2.45, 2.75) is 176 Å². The zero-order chi connectivity index (χ0) is 32.9. The molecule has 5 saturated carbocycles. The monoisotopic (exact) mass is 677 g/mol. The number of benzene rings is 1. The summed E-state index contributed by atoms with van der Waals surface area (Å²) in [4.78, 5) is 3.36. The molecule has 2 N–H and O–H groups in total. The highest BCUT2D eigenvalue weighted by Crippen LogP contribution is 2.69. The highest BCUT2D eigenvalue weighted by Gasteiger charge is 2.80. The summed E-state index contributed by atoms with van der Waals surface area (Å²) in [5.41, 5.74) is 10.3. The SMILES string of the molecule is CC1CC(C)C2C3C1N1NC(C)C4C5C6CCCCC6OC5C5B(c6ccccc6)C6C7OC8CCCCC8C7C7C(C)NN2C7C6N3C5C41. The third kappa shape index (κ3) is 3.48. The molecule has 22 atom stereocenters. The lowest BCUT2D eigenvalue weighted by Crippen LogP contribution is -2.90. The third-order valence-electron chi connectivity index (χ3n) is 18.6. The second kappa shape index (κ2) is 10.4. The normalized spacial score (nSPS) is 61.3. The van der Waals surface area contributed by atoms with Gasteiger partial charge in [0.1, 0.15) is 0 Å². The number of hydrogen-bond acceptors (Lipinski definition) is 7. The van der Waals surface area contributed by atoms with E-state index < -0.39 is 0 Å². The molecule has 12 fully saturated rings. The number of hydrazine groups is 2. The molecule has 1 aromatic carbocycles. The smallest absolute Gasteiger partial charge is 0.191 e. The van der Waals surface area contributed by atoms with Crippen LogP contribution in [0.4, 0.5) is 0 Å². The van der Waals surface area contributed by atoms with Gasteiger partial charge < -0.3 is 9.47 Å². The Hall–Kier alpha value is -0.995. The van der Waals surface area contributed by atoms with Gasteiger partial charge in [0.25, 0.3) is 0 Å². The molecule has 0 radical (unpaired) electrons. The number of nitrogens with zero attached hydrogens (tertiary/aromatic N) is 3. The van der Waals surface area contributed by atoms with Crippen LogP contribution in [0.3, 0.4) is 0 Å². The molecule has 8 heteroatoms. The topological polar surface area (TPSA) is 52.2 Å². The van der Waals surface area contributed by atoms with Crippen molar-refractivity contribution in [1.82, 2.24) is 25.8 Å². The van der Waals surface area contributed by atoms with Crippen molar-refractivity contribution < 1.29 is 9.47 Å². The molecular formula is C42H60BN5O2. The van der Waals surface area contributed by atoms with Gasteiger partial charge in [-0.25, -0.2) is 10.0 Å². The largest absolute Gasteiger partial charge is 0.375 e. The maximum absolute atomic E-state index is 7.69. The quantitative estimate of drug-likeness (QED) is 0.424. The van der Waals surface area contributed by atoms with Gasteiger partial charge in [-0.3, -0.25) is 15.8 Å². The van der Waals surface area contributed by atoms with Crippen LogP contribution < -0.4 is 16.3 Å². The fourth-order valence-electron chi connectivity index (χ4n) is 17.9. The molecule has 7 saturated heterocycles. The van der Waals surface area contributed by atoms with E-state index in [1.165, 1.54) is 57.8 Å². The lowest BCUT2D eigenvalue weighted by Gasteiger charge is -2.75. The van der Waals surface area contributed by atoms with E-state index in [1.54, 1.807) is 5.46 Å². The van der Waals surface area contributed by atoms with Crippen molar-refractivity contribution >= 4 is 12.2 Å². The number of rotatable bonds is 1. The average Bonchev–Trinajstić information content (AvgIpc) is 3.88. The van der Waals surface area contributed by atoms with Crippen molar-refractivity contribution in [3.8, 4) is 0 Å². The van der Waals surface area contributed by atoms with Crippen LogP contribution >= 0.6 is 0 Å². The molecule has 22 unspecified atom stereocenters.